The Bertz CT molecular complexity index is 1600. The third-order valence-corrected chi connectivity index (χ3v) is 7.52. The van der Waals surface area contributed by atoms with E-state index in [0.29, 0.717) is 18.4 Å². The number of hydrogen-bond acceptors (Lipinski definition) is 6. The fourth-order valence-corrected chi connectivity index (χ4v) is 5.20. The average Bonchev–Trinajstić information content (AvgIpc) is 3.21. The Hall–Kier alpha value is -3.98. The van der Waals surface area contributed by atoms with Crippen molar-refractivity contribution >= 4 is 32.9 Å². The lowest BCUT2D eigenvalue weighted by atomic mass is 9.98. The van der Waals surface area contributed by atoms with Crippen molar-refractivity contribution in [2.24, 2.45) is 0 Å². The second-order valence-electron chi connectivity index (χ2n) is 9.89. The van der Waals surface area contributed by atoms with Crippen molar-refractivity contribution in [2.45, 2.75) is 58.0 Å². The van der Waals surface area contributed by atoms with Gasteiger partial charge in [-0.25, -0.2) is 22.9 Å². The lowest BCUT2D eigenvalue weighted by molar-refractivity contribution is 0.0432. The van der Waals surface area contributed by atoms with Crippen LogP contribution in [-0.4, -0.2) is 35.4 Å². The predicted octanol–water partition coefficient (Wildman–Crippen LogP) is 5.54. The van der Waals surface area contributed by atoms with Gasteiger partial charge >= 0.3 is 6.09 Å². The van der Waals surface area contributed by atoms with Gasteiger partial charge in [-0.1, -0.05) is 36.8 Å². The van der Waals surface area contributed by atoms with Crippen molar-refractivity contribution in [1.82, 2.24) is 14.3 Å². The van der Waals surface area contributed by atoms with Crippen LogP contribution in [0.4, 0.5) is 4.79 Å². The van der Waals surface area contributed by atoms with Gasteiger partial charge in [0.2, 0.25) is 0 Å². The normalized spacial score (nSPS) is 11.9. The molecule has 0 spiro atoms. The number of nitrogens with zero attached hydrogens (tertiary/aromatic N) is 2. The minimum absolute atomic E-state index is 0.00452. The largest absolute Gasteiger partial charge is 0.442 e. The molecular weight excluding hydrogens is 502 g/mol. The second-order valence-corrected chi connectivity index (χ2v) is 11.6. The first kappa shape index (κ1) is 27.1. The summed E-state index contributed by atoms with van der Waals surface area (Å²) in [6.45, 7) is 8.87. The number of ether oxygens (including phenoxy) is 1. The number of ketones is 1. The quantitative estimate of drug-likeness (QED) is 0.298. The first-order chi connectivity index (χ1) is 17.9. The molecule has 198 valence electrons. The summed E-state index contributed by atoms with van der Waals surface area (Å²) >= 11 is 0. The van der Waals surface area contributed by atoms with Gasteiger partial charge < -0.3 is 4.74 Å². The van der Waals surface area contributed by atoms with Crippen molar-refractivity contribution in [3.8, 4) is 5.69 Å². The van der Waals surface area contributed by atoms with E-state index in [0.717, 1.165) is 33.7 Å². The number of carbonyl (C=O) groups excluding carboxylic acids is 2. The van der Waals surface area contributed by atoms with E-state index < -0.39 is 21.7 Å². The molecule has 0 radical (unpaired) electrons. The van der Waals surface area contributed by atoms with E-state index in [1.54, 1.807) is 32.0 Å². The highest BCUT2D eigenvalue weighted by Crippen LogP contribution is 2.25. The molecule has 0 fully saturated rings. The fourth-order valence-electron chi connectivity index (χ4n) is 4.32. The number of imidazole rings is 1. The monoisotopic (exact) mass is 533 g/mol. The van der Waals surface area contributed by atoms with Gasteiger partial charge in [-0.15, -0.1) is 0 Å². The second kappa shape index (κ2) is 10.4. The molecule has 0 aliphatic heterocycles. The van der Waals surface area contributed by atoms with Crippen molar-refractivity contribution in [3.63, 3.8) is 0 Å². The van der Waals surface area contributed by atoms with Gasteiger partial charge in [0.25, 0.3) is 10.0 Å². The van der Waals surface area contributed by atoms with Gasteiger partial charge in [-0.3, -0.25) is 9.36 Å². The Morgan fingerprint density at radius 2 is 1.66 bits per heavy atom. The topological polar surface area (TPSA) is 107 Å². The van der Waals surface area contributed by atoms with E-state index in [4.69, 9.17) is 9.72 Å². The fraction of sp³-hybridized carbons (Fsp3) is 0.276. The molecule has 4 rings (SSSR count). The van der Waals surface area contributed by atoms with Crippen LogP contribution in [0, 0.1) is 6.92 Å². The number of aromatic nitrogens is 2. The molecule has 3 aromatic carbocycles. The van der Waals surface area contributed by atoms with Crippen molar-refractivity contribution in [2.75, 3.05) is 0 Å². The highest BCUT2D eigenvalue weighted by Gasteiger charge is 2.27. The van der Waals surface area contributed by atoms with Gasteiger partial charge in [-0.05, 0) is 75.7 Å². The number of aryl methyl sites for hydroxylation is 2. The van der Waals surface area contributed by atoms with Crippen molar-refractivity contribution in [1.29, 1.82) is 0 Å². The van der Waals surface area contributed by atoms with Crippen LogP contribution >= 0.6 is 0 Å². The molecule has 0 bridgehead atoms. The standard InChI is InChI=1S/C29H31N3O5S/c1-6-27-30-25-17-22(20(3)33)11-16-26(25)32(27)23-12-9-21(10-13-23)18-29(4,5)37-28(34)31-38(35,36)24-14-7-19(2)8-15-24/h7-17H,6,18H2,1-5H3,(H,31,34). The maximum Gasteiger partial charge on any atom is 0.421 e. The molecule has 4 aromatic rings. The molecule has 1 heterocycles. The van der Waals surface area contributed by atoms with Crippen LogP contribution in [0.1, 0.15) is 55.0 Å². The lowest BCUT2D eigenvalue weighted by Crippen LogP contribution is -2.38. The summed E-state index contributed by atoms with van der Waals surface area (Å²) in [5.74, 6) is 0.874. The third-order valence-electron chi connectivity index (χ3n) is 6.19. The number of nitrogens with one attached hydrogen (secondary N) is 1. The van der Waals surface area contributed by atoms with Gasteiger partial charge in [0.1, 0.15) is 11.4 Å². The summed E-state index contributed by atoms with van der Waals surface area (Å²) in [5, 5.41) is 0. The molecule has 0 unspecified atom stereocenters. The number of carbonyl (C=O) groups is 2. The first-order valence-electron chi connectivity index (χ1n) is 12.3. The van der Waals surface area contributed by atoms with Gasteiger partial charge in [0, 0.05) is 24.1 Å². The highest BCUT2D eigenvalue weighted by molar-refractivity contribution is 7.90. The van der Waals surface area contributed by atoms with Crippen LogP contribution in [-0.2, 0) is 27.6 Å². The van der Waals surface area contributed by atoms with Crippen molar-refractivity contribution < 1.29 is 22.7 Å². The van der Waals surface area contributed by atoms with E-state index in [2.05, 4.69) is 4.57 Å². The molecule has 0 saturated carbocycles. The van der Waals surface area contributed by atoms with E-state index in [1.807, 2.05) is 55.0 Å². The Morgan fingerprint density at radius 1 is 1.00 bits per heavy atom. The minimum atomic E-state index is -4.04. The molecule has 8 nitrogen and oxygen atoms in total. The number of sulfonamides is 1. The molecule has 0 aliphatic rings. The predicted molar refractivity (Wildman–Crippen MR) is 146 cm³/mol. The van der Waals surface area contributed by atoms with Crippen LogP contribution < -0.4 is 4.72 Å². The summed E-state index contributed by atoms with van der Waals surface area (Å²) < 4.78 is 34.5. The maximum atomic E-state index is 12.5. The van der Waals surface area contributed by atoms with Crippen LogP contribution in [0.2, 0.25) is 0 Å². The number of rotatable bonds is 8. The molecule has 0 atom stereocenters. The SMILES string of the molecule is CCc1nc2cc(C(C)=O)ccc2n1-c1ccc(CC(C)(C)OC(=O)NS(=O)(=O)c2ccc(C)cc2)cc1. The van der Waals surface area contributed by atoms with E-state index >= 15 is 0 Å². The highest BCUT2D eigenvalue weighted by atomic mass is 32.2. The zero-order chi connectivity index (χ0) is 27.7. The summed E-state index contributed by atoms with van der Waals surface area (Å²) in [6.07, 6.45) is 0.0564. The summed E-state index contributed by atoms with van der Waals surface area (Å²) in [7, 11) is -4.04. The maximum absolute atomic E-state index is 12.5. The summed E-state index contributed by atoms with van der Waals surface area (Å²) in [4.78, 5) is 28.9. The zero-order valence-corrected chi connectivity index (χ0v) is 22.9. The van der Waals surface area contributed by atoms with Gasteiger partial charge in [0.15, 0.2) is 5.78 Å². The lowest BCUT2D eigenvalue weighted by Gasteiger charge is -2.25. The smallest absolute Gasteiger partial charge is 0.421 e. The molecule has 1 N–H and O–H groups in total. The average molecular weight is 534 g/mol. The molecule has 9 heteroatoms. The van der Waals surface area contributed by atoms with Gasteiger partial charge in [0.05, 0.1) is 15.9 Å². The Kier molecular flexibility index (Phi) is 7.42. The number of Topliss-reactive ketones (excluding diaryl/α,β-unsaturated/α-hetero) is 1. The number of fused-ring (bicyclic) bond motifs is 1. The molecule has 0 aliphatic carbocycles. The molecule has 1 amide bonds. The van der Waals surface area contributed by atoms with Crippen LogP contribution in [0.3, 0.4) is 0 Å². The summed E-state index contributed by atoms with van der Waals surface area (Å²) in [6, 6.07) is 19.5. The van der Waals surface area contributed by atoms with Crippen LogP contribution in [0.25, 0.3) is 16.7 Å². The Balaban J connectivity index is 1.48. The minimum Gasteiger partial charge on any atom is -0.442 e. The zero-order valence-electron chi connectivity index (χ0n) is 22.1. The molecule has 38 heavy (non-hydrogen) atoms. The first-order valence-corrected chi connectivity index (χ1v) is 13.8. The summed E-state index contributed by atoms with van der Waals surface area (Å²) in [5.41, 5.74) is 4.08. The number of amides is 1. The van der Waals surface area contributed by atoms with Crippen LogP contribution in [0.5, 0.6) is 0 Å². The third kappa shape index (κ3) is 5.94. The van der Waals surface area contributed by atoms with Crippen LogP contribution in [0.15, 0.2) is 71.6 Å². The Morgan fingerprint density at radius 3 is 2.26 bits per heavy atom. The molecule has 0 saturated heterocycles. The number of benzene rings is 3. The number of hydrogen-bond donors (Lipinski definition) is 1. The Labute approximate surface area is 222 Å². The van der Waals surface area contributed by atoms with Gasteiger partial charge in [-0.2, -0.15) is 0 Å². The molecule has 1 aromatic heterocycles. The van der Waals surface area contributed by atoms with E-state index in [9.17, 15) is 18.0 Å². The van der Waals surface area contributed by atoms with E-state index in [1.165, 1.54) is 19.1 Å². The molecular formula is C29H31N3O5S. The van der Waals surface area contributed by atoms with Crippen molar-refractivity contribution in [3.05, 3.63) is 89.2 Å². The van der Waals surface area contributed by atoms with E-state index in [-0.39, 0.29) is 10.7 Å².